The van der Waals surface area contributed by atoms with Gasteiger partial charge in [0.1, 0.15) is 0 Å². The Labute approximate surface area is 116 Å². The molecule has 1 amide bonds. The third-order valence-electron chi connectivity index (χ3n) is 4.81. The third kappa shape index (κ3) is 3.93. The third-order valence-corrected chi connectivity index (χ3v) is 4.81. The minimum Gasteiger partial charge on any atom is -0.396 e. The molecule has 3 atom stereocenters. The fourth-order valence-corrected chi connectivity index (χ4v) is 3.61. The van der Waals surface area contributed by atoms with Crippen molar-refractivity contribution in [3.05, 3.63) is 0 Å². The van der Waals surface area contributed by atoms with Crippen LogP contribution in [0.2, 0.25) is 0 Å². The molecule has 1 aliphatic carbocycles. The molecule has 0 radical (unpaired) electrons. The van der Waals surface area contributed by atoms with E-state index in [2.05, 4.69) is 0 Å². The van der Waals surface area contributed by atoms with Gasteiger partial charge in [0.05, 0.1) is 0 Å². The van der Waals surface area contributed by atoms with E-state index in [-0.39, 0.29) is 24.6 Å². The van der Waals surface area contributed by atoms with Gasteiger partial charge in [-0.3, -0.25) is 4.79 Å². The number of hydrogen-bond acceptors (Lipinski definition) is 3. The number of carbonyl (C=O) groups excluding carboxylic acids is 1. The molecule has 0 aromatic heterocycles. The number of aliphatic hydroxyl groups excluding tert-OH is 1. The van der Waals surface area contributed by atoms with Gasteiger partial charge in [0.2, 0.25) is 5.91 Å². The summed E-state index contributed by atoms with van der Waals surface area (Å²) in [5.41, 5.74) is 6.14. The maximum atomic E-state index is 12.5. The Hall–Kier alpha value is -0.610. The molecule has 1 aliphatic heterocycles. The van der Waals surface area contributed by atoms with Gasteiger partial charge in [-0.05, 0) is 44.4 Å². The van der Waals surface area contributed by atoms with Crippen molar-refractivity contribution in [2.24, 2.45) is 11.7 Å². The van der Waals surface area contributed by atoms with E-state index in [9.17, 15) is 4.79 Å². The van der Waals surface area contributed by atoms with Gasteiger partial charge in [0, 0.05) is 31.7 Å². The van der Waals surface area contributed by atoms with Crippen molar-refractivity contribution < 1.29 is 9.90 Å². The number of nitrogens with zero attached hydrogens (tertiary/aromatic N) is 1. The Morgan fingerprint density at radius 3 is 2.63 bits per heavy atom. The summed E-state index contributed by atoms with van der Waals surface area (Å²) in [6.07, 6.45) is 9.26. The molecule has 2 fully saturated rings. The number of rotatable bonds is 4. The molecular weight excluding hydrogens is 240 g/mol. The summed E-state index contributed by atoms with van der Waals surface area (Å²) in [6.45, 7) is 1.04. The summed E-state index contributed by atoms with van der Waals surface area (Å²) in [5, 5.41) is 9.12. The van der Waals surface area contributed by atoms with E-state index in [1.54, 1.807) is 0 Å². The van der Waals surface area contributed by atoms with Gasteiger partial charge < -0.3 is 15.7 Å². The van der Waals surface area contributed by atoms with Crippen LogP contribution in [0.15, 0.2) is 0 Å². The summed E-state index contributed by atoms with van der Waals surface area (Å²) in [5.74, 6) is 0.637. The van der Waals surface area contributed by atoms with Crippen LogP contribution in [0.5, 0.6) is 0 Å². The second-order valence-electron chi connectivity index (χ2n) is 6.16. The molecule has 19 heavy (non-hydrogen) atoms. The molecule has 0 bridgehead atoms. The van der Waals surface area contributed by atoms with Gasteiger partial charge >= 0.3 is 0 Å². The molecule has 4 nitrogen and oxygen atoms in total. The highest BCUT2D eigenvalue weighted by Crippen LogP contribution is 2.28. The lowest BCUT2D eigenvalue weighted by atomic mass is 9.82. The standard InChI is InChI=1S/C15H28N2O2/c16-14-7-2-1-5-12(14)11-15(19)17-9-4-3-6-13(17)8-10-18/h12-14,18H,1-11,16H2. The summed E-state index contributed by atoms with van der Waals surface area (Å²) >= 11 is 0. The second kappa shape index (κ2) is 7.25. The molecule has 1 saturated carbocycles. The Kier molecular flexibility index (Phi) is 5.64. The Balaban J connectivity index is 1.89. The van der Waals surface area contributed by atoms with E-state index in [1.807, 2.05) is 4.90 Å². The molecule has 3 N–H and O–H groups in total. The maximum absolute atomic E-state index is 12.5. The molecule has 2 rings (SSSR count). The van der Waals surface area contributed by atoms with Crippen LogP contribution in [0.25, 0.3) is 0 Å². The van der Waals surface area contributed by atoms with Crippen molar-refractivity contribution in [2.45, 2.75) is 69.9 Å². The zero-order valence-corrected chi connectivity index (χ0v) is 11.9. The molecule has 1 saturated heterocycles. The highest BCUT2D eigenvalue weighted by Gasteiger charge is 2.30. The quantitative estimate of drug-likeness (QED) is 0.815. The normalized spacial score (nSPS) is 32.3. The highest BCUT2D eigenvalue weighted by atomic mass is 16.3. The van der Waals surface area contributed by atoms with E-state index in [1.165, 1.54) is 19.3 Å². The average Bonchev–Trinajstić information content (AvgIpc) is 2.42. The Morgan fingerprint density at radius 2 is 1.89 bits per heavy atom. The zero-order chi connectivity index (χ0) is 13.7. The van der Waals surface area contributed by atoms with Crippen LogP contribution in [0, 0.1) is 5.92 Å². The molecule has 2 aliphatic rings. The topological polar surface area (TPSA) is 66.6 Å². The number of aliphatic hydroxyl groups is 1. The lowest BCUT2D eigenvalue weighted by Crippen LogP contribution is -2.46. The van der Waals surface area contributed by atoms with Gasteiger partial charge in [-0.1, -0.05) is 12.8 Å². The first-order chi connectivity index (χ1) is 9.22. The van der Waals surface area contributed by atoms with Crippen molar-refractivity contribution in [3.63, 3.8) is 0 Å². The molecule has 3 unspecified atom stereocenters. The molecular formula is C15H28N2O2. The summed E-state index contributed by atoms with van der Waals surface area (Å²) in [6, 6.07) is 0.463. The van der Waals surface area contributed by atoms with Gasteiger partial charge in [-0.2, -0.15) is 0 Å². The van der Waals surface area contributed by atoms with Crippen LogP contribution in [0.3, 0.4) is 0 Å². The summed E-state index contributed by atoms with van der Waals surface area (Å²) in [7, 11) is 0. The lowest BCUT2D eigenvalue weighted by molar-refractivity contribution is -0.136. The Morgan fingerprint density at radius 1 is 1.16 bits per heavy atom. The van der Waals surface area contributed by atoms with Crippen LogP contribution >= 0.6 is 0 Å². The highest BCUT2D eigenvalue weighted by molar-refractivity contribution is 5.77. The summed E-state index contributed by atoms with van der Waals surface area (Å²) < 4.78 is 0. The second-order valence-corrected chi connectivity index (χ2v) is 6.16. The average molecular weight is 268 g/mol. The number of hydrogen-bond donors (Lipinski definition) is 2. The van der Waals surface area contributed by atoms with Crippen LogP contribution in [-0.4, -0.2) is 41.1 Å². The fraction of sp³-hybridized carbons (Fsp3) is 0.933. The van der Waals surface area contributed by atoms with E-state index in [0.29, 0.717) is 12.3 Å². The molecule has 0 aromatic rings. The minimum absolute atomic E-state index is 0.178. The first-order valence-electron chi connectivity index (χ1n) is 7.88. The molecule has 110 valence electrons. The van der Waals surface area contributed by atoms with Crippen LogP contribution in [-0.2, 0) is 4.79 Å². The van der Waals surface area contributed by atoms with Crippen molar-refractivity contribution in [1.29, 1.82) is 0 Å². The number of piperidine rings is 1. The predicted octanol–water partition coefficient (Wildman–Crippen LogP) is 1.66. The number of nitrogens with two attached hydrogens (primary N) is 1. The van der Waals surface area contributed by atoms with Crippen molar-refractivity contribution in [3.8, 4) is 0 Å². The molecule has 0 spiro atoms. The number of likely N-dealkylation sites (tertiary alicyclic amines) is 1. The number of amides is 1. The van der Waals surface area contributed by atoms with Gasteiger partial charge in [0.15, 0.2) is 0 Å². The Bertz CT molecular complexity index is 294. The molecule has 4 heteroatoms. The smallest absolute Gasteiger partial charge is 0.223 e. The van der Waals surface area contributed by atoms with E-state index < -0.39 is 0 Å². The monoisotopic (exact) mass is 268 g/mol. The van der Waals surface area contributed by atoms with Gasteiger partial charge in [0.25, 0.3) is 0 Å². The fourth-order valence-electron chi connectivity index (χ4n) is 3.61. The van der Waals surface area contributed by atoms with Gasteiger partial charge in [-0.25, -0.2) is 0 Å². The van der Waals surface area contributed by atoms with Gasteiger partial charge in [-0.15, -0.1) is 0 Å². The SMILES string of the molecule is NC1CCCCC1CC(=O)N1CCCCC1CCO. The number of carbonyl (C=O) groups is 1. The van der Waals surface area contributed by atoms with Crippen LogP contribution in [0.4, 0.5) is 0 Å². The predicted molar refractivity (Wildman–Crippen MR) is 75.6 cm³/mol. The largest absolute Gasteiger partial charge is 0.396 e. The van der Waals surface area contributed by atoms with Crippen LogP contribution < -0.4 is 5.73 Å². The molecule has 0 aromatic carbocycles. The maximum Gasteiger partial charge on any atom is 0.223 e. The van der Waals surface area contributed by atoms with E-state index in [0.717, 1.165) is 38.6 Å². The first-order valence-corrected chi connectivity index (χ1v) is 7.88. The summed E-state index contributed by atoms with van der Waals surface area (Å²) in [4.78, 5) is 14.5. The lowest BCUT2D eigenvalue weighted by Gasteiger charge is -2.37. The van der Waals surface area contributed by atoms with Crippen molar-refractivity contribution >= 4 is 5.91 Å². The van der Waals surface area contributed by atoms with E-state index in [4.69, 9.17) is 10.8 Å². The first kappa shape index (κ1) is 14.8. The van der Waals surface area contributed by atoms with Crippen LogP contribution in [0.1, 0.15) is 57.8 Å². The zero-order valence-electron chi connectivity index (χ0n) is 11.9. The minimum atomic E-state index is 0.178. The van der Waals surface area contributed by atoms with Crippen molar-refractivity contribution in [1.82, 2.24) is 4.90 Å². The van der Waals surface area contributed by atoms with Crippen molar-refractivity contribution in [2.75, 3.05) is 13.2 Å². The van der Waals surface area contributed by atoms with E-state index >= 15 is 0 Å². The molecule has 1 heterocycles.